The van der Waals surface area contributed by atoms with Gasteiger partial charge in [0.1, 0.15) is 0 Å². The van der Waals surface area contributed by atoms with Crippen molar-refractivity contribution in [1.29, 1.82) is 0 Å². The Labute approximate surface area is 92.5 Å². The first-order valence-electron chi connectivity index (χ1n) is 1.33. The fourth-order valence-electron chi connectivity index (χ4n) is 0. The zero-order valence-corrected chi connectivity index (χ0v) is 8.89. The Morgan fingerprint density at radius 3 is 0.667 bits per heavy atom. The molecule has 0 aromatic carbocycles. The largest absolute Gasteiger partial charge is 2.00 e. The second-order valence-electron chi connectivity index (χ2n) is 0.816. The first-order valence-corrected chi connectivity index (χ1v) is 4.00. The van der Waals surface area contributed by atoms with Crippen LogP contribution in [0.15, 0.2) is 0 Å². The molecular weight excluding hydrogens is 357 g/mol. The van der Waals surface area contributed by atoms with Crippen molar-refractivity contribution in [3.8, 4) is 0 Å². The molecule has 80 valence electrons. The summed E-state index contributed by atoms with van der Waals surface area (Å²) >= 11 is 0. The third-order valence-electron chi connectivity index (χ3n) is 0. The molecule has 0 radical (unpaired) electrons. The van der Waals surface area contributed by atoms with E-state index < -0.39 is 20.8 Å². The Hall–Kier alpha value is 0.896. The average Bonchev–Trinajstić information content (AvgIpc) is 1.12. The van der Waals surface area contributed by atoms with Crippen molar-refractivity contribution in [2.45, 2.75) is 0 Å². The van der Waals surface area contributed by atoms with Crippen LogP contribution in [0.25, 0.3) is 0 Å². The maximum Gasteiger partial charge on any atom is 2.00 e. The molecule has 8 nitrogen and oxygen atoms in total. The monoisotopic (exact) mass is 356 g/mol. The van der Waals surface area contributed by atoms with E-state index >= 15 is 0 Å². The third-order valence-corrected chi connectivity index (χ3v) is 0. The summed E-state index contributed by atoms with van der Waals surface area (Å²) < 4.78 is 68.2. The van der Waals surface area contributed by atoms with Crippen LogP contribution < -0.4 is 0 Å². The van der Waals surface area contributed by atoms with Crippen molar-refractivity contribution in [3.63, 3.8) is 0 Å². The summed E-state index contributed by atoms with van der Waals surface area (Å²) in [5.41, 5.74) is 0. The summed E-state index contributed by atoms with van der Waals surface area (Å²) in [6.45, 7) is 0. The summed E-state index contributed by atoms with van der Waals surface area (Å²) in [5, 5.41) is 0. The molecule has 0 amide bonds. The summed E-state index contributed by atoms with van der Waals surface area (Å²) in [5.74, 6) is 0. The molecule has 0 fully saturated rings. The molecular formula is NiO8PdS2. The van der Waals surface area contributed by atoms with Crippen molar-refractivity contribution in [1.82, 2.24) is 0 Å². The number of hydrogen-bond acceptors (Lipinski definition) is 8. The molecule has 0 aromatic rings. The maximum absolute atomic E-state index is 8.52. The van der Waals surface area contributed by atoms with Gasteiger partial charge >= 0.3 is 36.9 Å². The van der Waals surface area contributed by atoms with Gasteiger partial charge in [0.15, 0.2) is 0 Å². The smallest absolute Gasteiger partial charge is 0.759 e. The van der Waals surface area contributed by atoms with E-state index in [1.54, 1.807) is 0 Å². The van der Waals surface area contributed by atoms with Crippen LogP contribution in [-0.2, 0) is 57.7 Å². The van der Waals surface area contributed by atoms with Gasteiger partial charge in [-0.25, -0.2) is 0 Å². The predicted molar refractivity (Wildman–Crippen MR) is 20.9 cm³/mol. The van der Waals surface area contributed by atoms with Crippen LogP contribution in [0.2, 0.25) is 0 Å². The van der Waals surface area contributed by atoms with Crippen molar-refractivity contribution in [3.05, 3.63) is 0 Å². The van der Waals surface area contributed by atoms with Crippen molar-refractivity contribution in [2.75, 3.05) is 0 Å². The molecule has 12 heteroatoms. The van der Waals surface area contributed by atoms with E-state index in [-0.39, 0.29) is 36.9 Å². The van der Waals surface area contributed by atoms with Crippen molar-refractivity contribution in [2.24, 2.45) is 0 Å². The molecule has 0 aromatic heterocycles. The van der Waals surface area contributed by atoms with E-state index in [0.717, 1.165) is 0 Å². The summed E-state index contributed by atoms with van der Waals surface area (Å²) in [6.07, 6.45) is 0. The van der Waals surface area contributed by atoms with Gasteiger partial charge in [0, 0.05) is 20.8 Å². The van der Waals surface area contributed by atoms with Gasteiger partial charge in [-0.05, 0) is 0 Å². The van der Waals surface area contributed by atoms with E-state index in [1.165, 1.54) is 0 Å². The summed E-state index contributed by atoms with van der Waals surface area (Å²) in [7, 11) is -10.3. The predicted octanol–water partition coefficient (Wildman–Crippen LogP) is -2.68. The number of hydrogen-bond donors (Lipinski definition) is 0. The molecule has 0 aliphatic heterocycles. The molecule has 0 unspecified atom stereocenters. The van der Waals surface area contributed by atoms with Crippen LogP contribution in [0.3, 0.4) is 0 Å². The van der Waals surface area contributed by atoms with Gasteiger partial charge in [0.2, 0.25) is 0 Å². The first kappa shape index (κ1) is 23.1. The van der Waals surface area contributed by atoms with E-state index in [2.05, 4.69) is 0 Å². The molecule has 0 saturated carbocycles. The molecule has 0 heterocycles. The molecule has 0 rings (SSSR count). The maximum atomic E-state index is 8.52. The first-order chi connectivity index (χ1) is 4.00. The van der Waals surface area contributed by atoms with Gasteiger partial charge in [-0.3, -0.25) is 16.8 Å². The van der Waals surface area contributed by atoms with Gasteiger partial charge in [-0.1, -0.05) is 0 Å². The zero-order valence-electron chi connectivity index (χ0n) is 4.71. The zero-order chi connectivity index (χ0) is 9.00. The van der Waals surface area contributed by atoms with Crippen LogP contribution >= 0.6 is 0 Å². The Morgan fingerprint density at radius 1 is 0.667 bits per heavy atom. The fraction of sp³-hybridized carbons (Fsp3) is 0. The summed E-state index contributed by atoms with van der Waals surface area (Å²) in [6, 6.07) is 0. The minimum absolute atomic E-state index is 0. The Kier molecular flexibility index (Phi) is 16.3. The van der Waals surface area contributed by atoms with Crippen LogP contribution in [0.1, 0.15) is 0 Å². The molecule has 0 saturated heterocycles. The molecule has 0 spiro atoms. The second kappa shape index (κ2) is 8.49. The van der Waals surface area contributed by atoms with Gasteiger partial charge in [0.05, 0.1) is 0 Å². The van der Waals surface area contributed by atoms with Crippen LogP contribution in [0.5, 0.6) is 0 Å². The van der Waals surface area contributed by atoms with E-state index in [4.69, 9.17) is 35.0 Å². The standard InChI is InChI=1S/Ni.2H2O4S.Pd/c;2*1-5(2,3)4;/h;2*(H2,1,2,3,4);/q+2;;;+2/p-4. The minimum Gasteiger partial charge on any atom is -0.759 e. The van der Waals surface area contributed by atoms with Gasteiger partial charge in [-0.2, -0.15) is 0 Å². The quantitative estimate of drug-likeness (QED) is 0.257. The SMILES string of the molecule is O=S(=O)([O-])[O-].O=S(=O)([O-])[O-].[Ni+2].[Pd+2]. The molecule has 0 atom stereocenters. The van der Waals surface area contributed by atoms with E-state index in [1.807, 2.05) is 0 Å². The van der Waals surface area contributed by atoms with Crippen LogP contribution in [0, 0.1) is 0 Å². The number of rotatable bonds is 0. The second-order valence-corrected chi connectivity index (χ2v) is 2.45. The van der Waals surface area contributed by atoms with E-state index in [9.17, 15) is 0 Å². The van der Waals surface area contributed by atoms with Gasteiger partial charge in [0.25, 0.3) is 0 Å². The normalized spacial score (nSPS) is 9.67. The Morgan fingerprint density at radius 2 is 0.667 bits per heavy atom. The molecule has 0 aliphatic rings. The van der Waals surface area contributed by atoms with Gasteiger partial charge < -0.3 is 18.2 Å². The average molecular weight is 357 g/mol. The summed E-state index contributed by atoms with van der Waals surface area (Å²) in [4.78, 5) is 0. The van der Waals surface area contributed by atoms with Crippen LogP contribution in [0.4, 0.5) is 0 Å². The van der Waals surface area contributed by atoms with E-state index in [0.29, 0.717) is 0 Å². The van der Waals surface area contributed by atoms with Gasteiger partial charge in [-0.15, -0.1) is 0 Å². The fourth-order valence-corrected chi connectivity index (χ4v) is 0. The molecule has 12 heavy (non-hydrogen) atoms. The van der Waals surface area contributed by atoms with Crippen molar-refractivity contribution < 1.29 is 72.0 Å². The Bertz CT molecular complexity index is 213. The molecule has 0 N–H and O–H groups in total. The topological polar surface area (TPSA) is 161 Å². The van der Waals surface area contributed by atoms with Crippen LogP contribution in [-0.4, -0.2) is 35.0 Å². The third kappa shape index (κ3) is 1330. The minimum atomic E-state index is -5.17. The van der Waals surface area contributed by atoms with Crippen molar-refractivity contribution >= 4 is 20.8 Å². The Balaban J connectivity index is -0.0000000457. The molecule has 0 bridgehead atoms. The molecule has 0 aliphatic carbocycles.